The van der Waals surface area contributed by atoms with E-state index in [0.717, 1.165) is 6.42 Å². The van der Waals surface area contributed by atoms with Crippen LogP contribution >= 0.6 is 0 Å². The fraction of sp³-hybridized carbons (Fsp3) is 0.444. The number of anilines is 1. The summed E-state index contributed by atoms with van der Waals surface area (Å²) in [7, 11) is 0. The van der Waals surface area contributed by atoms with Crippen LogP contribution in [0, 0.1) is 17.5 Å². The second-order valence-corrected chi connectivity index (χ2v) is 6.80. The van der Waals surface area contributed by atoms with E-state index in [9.17, 15) is 22.8 Å². The largest absolute Gasteiger partial charge is 0.350 e. The molecule has 1 saturated heterocycles. The minimum absolute atomic E-state index is 0.0286. The van der Waals surface area contributed by atoms with Gasteiger partial charge in [-0.2, -0.15) is 0 Å². The van der Waals surface area contributed by atoms with Crippen molar-refractivity contribution in [2.45, 2.75) is 26.3 Å². The third-order valence-corrected chi connectivity index (χ3v) is 4.84. The van der Waals surface area contributed by atoms with E-state index >= 15 is 0 Å². The fourth-order valence-electron chi connectivity index (χ4n) is 3.04. The molecule has 10 heteroatoms. The van der Waals surface area contributed by atoms with E-state index in [-0.39, 0.29) is 24.2 Å². The highest BCUT2D eigenvalue weighted by Gasteiger charge is 2.33. The van der Waals surface area contributed by atoms with Crippen molar-refractivity contribution in [3.05, 3.63) is 40.9 Å². The molecular formula is C18H22F3N5O2. The number of rotatable bonds is 4. The van der Waals surface area contributed by atoms with Gasteiger partial charge in [0, 0.05) is 37.0 Å². The molecule has 2 heterocycles. The normalized spacial score (nSPS) is 17.5. The van der Waals surface area contributed by atoms with Gasteiger partial charge in [0.05, 0.1) is 24.4 Å². The van der Waals surface area contributed by atoms with Gasteiger partial charge in [-0.05, 0) is 13.3 Å². The SMILES string of the molecule is CCC(C)NC(=O)C1=C2CN(C(=O)Nc3cc(F)c(F)c(F)c3)CCN2NC1. The van der Waals surface area contributed by atoms with Crippen LogP contribution < -0.4 is 16.1 Å². The van der Waals surface area contributed by atoms with Gasteiger partial charge >= 0.3 is 6.03 Å². The molecule has 0 saturated carbocycles. The molecule has 1 aromatic rings. The summed E-state index contributed by atoms with van der Waals surface area (Å²) in [6.07, 6.45) is 0.796. The van der Waals surface area contributed by atoms with Crippen molar-refractivity contribution < 1.29 is 22.8 Å². The third-order valence-electron chi connectivity index (χ3n) is 4.84. The van der Waals surface area contributed by atoms with Crippen LogP contribution in [-0.2, 0) is 4.79 Å². The molecule has 0 bridgehead atoms. The molecular weight excluding hydrogens is 375 g/mol. The Morgan fingerprint density at radius 2 is 1.89 bits per heavy atom. The maximum absolute atomic E-state index is 13.3. The molecule has 1 fully saturated rings. The molecule has 152 valence electrons. The molecule has 1 aromatic carbocycles. The number of halogens is 3. The van der Waals surface area contributed by atoms with Crippen LogP contribution in [0.15, 0.2) is 23.4 Å². The molecule has 2 aliphatic rings. The van der Waals surface area contributed by atoms with Crippen molar-refractivity contribution in [3.63, 3.8) is 0 Å². The highest BCUT2D eigenvalue weighted by molar-refractivity contribution is 5.95. The van der Waals surface area contributed by atoms with Crippen molar-refractivity contribution in [2.24, 2.45) is 0 Å². The van der Waals surface area contributed by atoms with E-state index in [1.165, 1.54) is 4.90 Å². The van der Waals surface area contributed by atoms with Crippen LogP contribution in [0.5, 0.6) is 0 Å². The number of amides is 3. The quantitative estimate of drug-likeness (QED) is 0.679. The van der Waals surface area contributed by atoms with E-state index in [0.29, 0.717) is 43.0 Å². The lowest BCUT2D eigenvalue weighted by molar-refractivity contribution is -0.118. The summed E-state index contributed by atoms with van der Waals surface area (Å²) in [5.74, 6) is -4.55. The minimum Gasteiger partial charge on any atom is -0.350 e. The molecule has 3 N–H and O–H groups in total. The number of nitrogens with one attached hydrogen (secondary N) is 3. The second-order valence-electron chi connectivity index (χ2n) is 6.80. The highest BCUT2D eigenvalue weighted by Crippen LogP contribution is 2.22. The van der Waals surface area contributed by atoms with Gasteiger partial charge in [0.2, 0.25) is 0 Å². The molecule has 0 aliphatic carbocycles. The summed E-state index contributed by atoms with van der Waals surface area (Å²) in [6.45, 7) is 5.19. The molecule has 28 heavy (non-hydrogen) atoms. The van der Waals surface area contributed by atoms with E-state index in [4.69, 9.17) is 0 Å². The van der Waals surface area contributed by atoms with Crippen LogP contribution in [-0.4, -0.2) is 54.1 Å². The fourth-order valence-corrected chi connectivity index (χ4v) is 3.04. The standard InChI is InChI=1S/C18H22F3N5O2/c1-3-10(2)23-17(27)12-8-22-26-5-4-25(9-15(12)26)18(28)24-11-6-13(19)16(21)14(20)7-11/h6-7,10,22H,3-5,8-9H2,1-2H3,(H,23,27)(H,24,28). The van der Waals surface area contributed by atoms with Crippen molar-refractivity contribution >= 4 is 17.6 Å². The molecule has 3 amide bonds. The zero-order valence-corrected chi connectivity index (χ0v) is 15.6. The van der Waals surface area contributed by atoms with Crippen LogP contribution in [0.25, 0.3) is 0 Å². The summed E-state index contributed by atoms with van der Waals surface area (Å²) in [5, 5.41) is 7.09. The second kappa shape index (κ2) is 8.09. The predicted molar refractivity (Wildman–Crippen MR) is 96.5 cm³/mol. The van der Waals surface area contributed by atoms with Gasteiger partial charge in [-0.25, -0.2) is 23.4 Å². The van der Waals surface area contributed by atoms with Crippen LogP contribution in [0.3, 0.4) is 0 Å². The maximum atomic E-state index is 13.3. The highest BCUT2D eigenvalue weighted by atomic mass is 19.2. The number of carbonyl (C=O) groups excluding carboxylic acids is 2. The van der Waals surface area contributed by atoms with Gasteiger partial charge in [0.25, 0.3) is 5.91 Å². The minimum atomic E-state index is -1.59. The lowest BCUT2D eigenvalue weighted by atomic mass is 10.1. The van der Waals surface area contributed by atoms with Crippen molar-refractivity contribution in [2.75, 3.05) is 31.5 Å². The average molecular weight is 397 g/mol. The van der Waals surface area contributed by atoms with Crippen LogP contribution in [0.2, 0.25) is 0 Å². The van der Waals surface area contributed by atoms with E-state index in [2.05, 4.69) is 16.1 Å². The van der Waals surface area contributed by atoms with E-state index in [1.54, 1.807) is 0 Å². The zero-order valence-electron chi connectivity index (χ0n) is 15.6. The number of hydrogen-bond acceptors (Lipinski definition) is 4. The Labute approximate surface area is 160 Å². The molecule has 7 nitrogen and oxygen atoms in total. The summed E-state index contributed by atoms with van der Waals surface area (Å²) in [4.78, 5) is 26.4. The smallest absolute Gasteiger partial charge is 0.322 e. The van der Waals surface area contributed by atoms with Gasteiger partial charge < -0.3 is 20.5 Å². The Morgan fingerprint density at radius 1 is 1.21 bits per heavy atom. The van der Waals surface area contributed by atoms with Crippen LogP contribution in [0.4, 0.5) is 23.7 Å². The van der Waals surface area contributed by atoms with Crippen molar-refractivity contribution in [1.29, 1.82) is 0 Å². The Morgan fingerprint density at radius 3 is 2.54 bits per heavy atom. The number of hydrogen-bond donors (Lipinski definition) is 3. The molecule has 2 aliphatic heterocycles. The first-order chi connectivity index (χ1) is 13.3. The first kappa shape index (κ1) is 20.0. The monoisotopic (exact) mass is 397 g/mol. The lowest BCUT2D eigenvalue weighted by Gasteiger charge is -2.35. The Hall–Kier alpha value is -2.75. The molecule has 3 rings (SSSR count). The number of hydrazine groups is 1. The number of piperazine rings is 1. The molecule has 0 radical (unpaired) electrons. The summed E-state index contributed by atoms with van der Waals surface area (Å²) in [6, 6.07) is 0.870. The van der Waals surface area contributed by atoms with E-state index < -0.39 is 23.5 Å². The maximum Gasteiger partial charge on any atom is 0.322 e. The van der Waals surface area contributed by atoms with Crippen LogP contribution in [0.1, 0.15) is 20.3 Å². The predicted octanol–water partition coefficient (Wildman–Crippen LogP) is 1.94. The topological polar surface area (TPSA) is 76.7 Å². The summed E-state index contributed by atoms with van der Waals surface area (Å²) in [5.41, 5.74) is 4.16. The van der Waals surface area contributed by atoms with Gasteiger partial charge in [-0.15, -0.1) is 0 Å². The van der Waals surface area contributed by atoms with Gasteiger partial charge in [0.15, 0.2) is 17.5 Å². The molecule has 0 spiro atoms. The Kier molecular flexibility index (Phi) is 5.78. The number of nitrogens with zero attached hydrogens (tertiary/aromatic N) is 2. The first-order valence-corrected chi connectivity index (χ1v) is 9.04. The Balaban J connectivity index is 1.72. The number of carbonyl (C=O) groups is 2. The Bertz CT molecular complexity index is 806. The van der Waals surface area contributed by atoms with Crippen molar-refractivity contribution in [3.8, 4) is 0 Å². The average Bonchev–Trinajstić information content (AvgIpc) is 3.09. The van der Waals surface area contributed by atoms with Gasteiger partial charge in [-0.1, -0.05) is 6.92 Å². The molecule has 1 unspecified atom stereocenters. The first-order valence-electron chi connectivity index (χ1n) is 9.04. The summed E-state index contributed by atoms with van der Waals surface area (Å²) < 4.78 is 39.7. The summed E-state index contributed by atoms with van der Waals surface area (Å²) >= 11 is 0. The van der Waals surface area contributed by atoms with E-state index in [1.807, 2.05) is 18.9 Å². The number of fused-ring (bicyclic) bond motifs is 1. The molecule has 1 atom stereocenters. The number of urea groups is 1. The number of benzene rings is 1. The van der Waals surface area contributed by atoms with Crippen molar-refractivity contribution in [1.82, 2.24) is 20.7 Å². The zero-order chi connectivity index (χ0) is 20.4. The third kappa shape index (κ3) is 4.06. The van der Waals surface area contributed by atoms with Gasteiger partial charge in [0.1, 0.15) is 0 Å². The lowest BCUT2D eigenvalue weighted by Crippen LogP contribution is -2.50. The molecule has 0 aromatic heterocycles. The van der Waals surface area contributed by atoms with Gasteiger partial charge in [-0.3, -0.25) is 4.79 Å².